The molecule has 0 atom stereocenters. The van der Waals surface area contributed by atoms with Crippen LogP contribution < -0.4 is 4.74 Å². The Hall–Kier alpha value is -2.24. The van der Waals surface area contributed by atoms with Gasteiger partial charge in [0.2, 0.25) is 0 Å². The number of hydrogen-bond donors (Lipinski definition) is 2. The number of methoxy groups -OCH3 is 1. The number of piperidine rings is 1. The zero-order chi connectivity index (χ0) is 15.4. The fourth-order valence-electron chi connectivity index (χ4n) is 2.59. The third-order valence-corrected chi connectivity index (χ3v) is 3.79. The summed E-state index contributed by atoms with van der Waals surface area (Å²) in [5.74, 6) is -0.548. The maximum absolute atomic E-state index is 12.3. The number of carboxylic acids is 1. The van der Waals surface area contributed by atoms with Crippen LogP contribution in [-0.4, -0.2) is 47.2 Å². The smallest absolute Gasteiger partial charge is 0.303 e. The van der Waals surface area contributed by atoms with Crippen molar-refractivity contribution >= 4 is 11.9 Å². The summed E-state index contributed by atoms with van der Waals surface area (Å²) < 4.78 is 4.95. The predicted molar refractivity (Wildman–Crippen MR) is 75.5 cm³/mol. The Labute approximate surface area is 122 Å². The van der Waals surface area contributed by atoms with Crippen LogP contribution in [0.2, 0.25) is 0 Å². The minimum atomic E-state index is -0.792. The molecule has 6 heteroatoms. The normalized spacial score (nSPS) is 15.8. The van der Waals surface area contributed by atoms with E-state index in [1.165, 1.54) is 13.2 Å². The first-order chi connectivity index (χ1) is 10.0. The molecule has 0 aromatic heterocycles. The molecule has 0 bridgehead atoms. The highest BCUT2D eigenvalue weighted by atomic mass is 16.5. The number of carbonyl (C=O) groups is 2. The number of benzene rings is 1. The van der Waals surface area contributed by atoms with Crippen molar-refractivity contribution in [1.29, 1.82) is 0 Å². The molecule has 2 N–H and O–H groups in total. The predicted octanol–water partition coefficient (Wildman–Crippen LogP) is 1.73. The Balaban J connectivity index is 1.98. The van der Waals surface area contributed by atoms with Crippen LogP contribution in [0, 0.1) is 5.92 Å². The minimum absolute atomic E-state index is 0.0656. The van der Waals surface area contributed by atoms with Gasteiger partial charge in [0.05, 0.1) is 7.11 Å². The van der Waals surface area contributed by atoms with E-state index in [1.807, 2.05) is 0 Å². The van der Waals surface area contributed by atoms with Crippen molar-refractivity contribution in [3.05, 3.63) is 23.8 Å². The van der Waals surface area contributed by atoms with Crippen molar-refractivity contribution in [3.63, 3.8) is 0 Å². The molecule has 1 aromatic carbocycles. The van der Waals surface area contributed by atoms with Gasteiger partial charge in [-0.3, -0.25) is 9.59 Å². The zero-order valence-corrected chi connectivity index (χ0v) is 11.9. The lowest BCUT2D eigenvalue weighted by Gasteiger charge is -2.31. The number of aromatic hydroxyl groups is 1. The Morgan fingerprint density at radius 3 is 2.52 bits per heavy atom. The second kappa shape index (κ2) is 6.47. The van der Waals surface area contributed by atoms with Crippen LogP contribution in [0.1, 0.15) is 29.6 Å². The second-order valence-corrected chi connectivity index (χ2v) is 5.22. The summed E-state index contributed by atoms with van der Waals surface area (Å²) in [6.07, 6.45) is 1.55. The van der Waals surface area contributed by atoms with Crippen molar-refractivity contribution < 1.29 is 24.5 Å². The number of likely N-dealkylation sites (tertiary alicyclic amines) is 1. The monoisotopic (exact) mass is 293 g/mol. The van der Waals surface area contributed by atoms with Crippen LogP contribution in [0.25, 0.3) is 0 Å². The lowest BCUT2D eigenvalue weighted by molar-refractivity contribution is -0.138. The van der Waals surface area contributed by atoms with E-state index in [0.29, 0.717) is 37.2 Å². The molecule has 114 valence electrons. The van der Waals surface area contributed by atoms with Gasteiger partial charge in [-0.05, 0) is 37.0 Å². The molecule has 21 heavy (non-hydrogen) atoms. The van der Waals surface area contributed by atoms with Gasteiger partial charge >= 0.3 is 5.97 Å². The summed E-state index contributed by atoms with van der Waals surface area (Å²) in [4.78, 5) is 24.7. The van der Waals surface area contributed by atoms with E-state index in [-0.39, 0.29) is 24.0 Å². The molecular formula is C15H19NO5. The molecule has 1 amide bonds. The van der Waals surface area contributed by atoms with Gasteiger partial charge in [0, 0.05) is 25.1 Å². The van der Waals surface area contributed by atoms with Gasteiger partial charge < -0.3 is 19.8 Å². The number of hydrogen-bond acceptors (Lipinski definition) is 4. The topological polar surface area (TPSA) is 87.1 Å². The van der Waals surface area contributed by atoms with Crippen LogP contribution in [0.5, 0.6) is 11.5 Å². The SMILES string of the molecule is COc1ccc(C(=O)N2CCC(CC(=O)O)CC2)cc1O. The van der Waals surface area contributed by atoms with Gasteiger partial charge in [-0.2, -0.15) is 0 Å². The summed E-state index contributed by atoms with van der Waals surface area (Å²) in [7, 11) is 1.45. The Morgan fingerprint density at radius 1 is 1.33 bits per heavy atom. The third kappa shape index (κ3) is 3.65. The van der Waals surface area contributed by atoms with Gasteiger partial charge in [-0.25, -0.2) is 0 Å². The third-order valence-electron chi connectivity index (χ3n) is 3.79. The lowest BCUT2D eigenvalue weighted by Crippen LogP contribution is -2.38. The number of amides is 1. The summed E-state index contributed by atoms with van der Waals surface area (Å²) in [5, 5.41) is 18.5. The maximum atomic E-state index is 12.3. The number of phenolic OH excluding ortho intramolecular Hbond substituents is 1. The first-order valence-electron chi connectivity index (χ1n) is 6.89. The largest absolute Gasteiger partial charge is 0.504 e. The van der Waals surface area contributed by atoms with Crippen molar-refractivity contribution in [2.24, 2.45) is 5.92 Å². The van der Waals surface area contributed by atoms with Crippen molar-refractivity contribution in [2.75, 3.05) is 20.2 Å². The van der Waals surface area contributed by atoms with E-state index in [0.717, 1.165) is 0 Å². The fourth-order valence-corrected chi connectivity index (χ4v) is 2.59. The van der Waals surface area contributed by atoms with Gasteiger partial charge in [0.15, 0.2) is 11.5 Å². The number of carboxylic acid groups (broad SMARTS) is 1. The molecule has 1 fully saturated rings. The summed E-state index contributed by atoms with van der Waals surface area (Å²) in [5.41, 5.74) is 0.407. The van der Waals surface area contributed by atoms with E-state index in [4.69, 9.17) is 9.84 Å². The molecule has 1 aliphatic rings. The molecule has 0 saturated carbocycles. The maximum Gasteiger partial charge on any atom is 0.303 e. The summed E-state index contributed by atoms with van der Waals surface area (Å²) in [6, 6.07) is 4.56. The molecule has 1 aliphatic heterocycles. The number of aliphatic carboxylic acids is 1. The van der Waals surface area contributed by atoms with Crippen LogP contribution in [0.3, 0.4) is 0 Å². The molecule has 1 saturated heterocycles. The molecule has 1 aromatic rings. The van der Waals surface area contributed by atoms with E-state index < -0.39 is 5.97 Å². The molecule has 0 aliphatic carbocycles. The highest BCUT2D eigenvalue weighted by Crippen LogP contribution is 2.28. The van der Waals surface area contributed by atoms with Gasteiger partial charge in [-0.1, -0.05) is 0 Å². The average Bonchev–Trinajstić information content (AvgIpc) is 2.46. The van der Waals surface area contributed by atoms with E-state index in [1.54, 1.807) is 17.0 Å². The van der Waals surface area contributed by atoms with Crippen LogP contribution in [-0.2, 0) is 4.79 Å². The molecule has 1 heterocycles. The van der Waals surface area contributed by atoms with Crippen molar-refractivity contribution in [2.45, 2.75) is 19.3 Å². The molecule has 6 nitrogen and oxygen atoms in total. The number of ether oxygens (including phenoxy) is 1. The quantitative estimate of drug-likeness (QED) is 0.882. The minimum Gasteiger partial charge on any atom is -0.504 e. The first kappa shape index (κ1) is 15.2. The standard InChI is InChI=1S/C15H19NO5/c1-21-13-3-2-11(9-12(13)17)15(20)16-6-4-10(5-7-16)8-14(18)19/h2-3,9-10,17H,4-8H2,1H3,(H,18,19). The molecular weight excluding hydrogens is 274 g/mol. The highest BCUT2D eigenvalue weighted by Gasteiger charge is 2.25. The zero-order valence-electron chi connectivity index (χ0n) is 11.9. The van der Waals surface area contributed by atoms with Crippen LogP contribution in [0.15, 0.2) is 18.2 Å². The number of rotatable bonds is 4. The number of carbonyl (C=O) groups excluding carboxylic acids is 1. The Morgan fingerprint density at radius 2 is 2.00 bits per heavy atom. The molecule has 0 radical (unpaired) electrons. The van der Waals surface area contributed by atoms with Gasteiger partial charge in [-0.15, -0.1) is 0 Å². The van der Waals surface area contributed by atoms with Crippen molar-refractivity contribution in [3.8, 4) is 11.5 Å². The Bertz CT molecular complexity index is 535. The summed E-state index contributed by atoms with van der Waals surface area (Å²) in [6.45, 7) is 1.09. The Kier molecular flexibility index (Phi) is 4.67. The van der Waals surface area contributed by atoms with Crippen LogP contribution in [0.4, 0.5) is 0 Å². The van der Waals surface area contributed by atoms with Crippen LogP contribution >= 0.6 is 0 Å². The van der Waals surface area contributed by atoms with E-state index in [9.17, 15) is 14.7 Å². The van der Waals surface area contributed by atoms with Crippen molar-refractivity contribution in [1.82, 2.24) is 4.90 Å². The molecule has 2 rings (SSSR count). The molecule has 0 unspecified atom stereocenters. The second-order valence-electron chi connectivity index (χ2n) is 5.22. The van der Waals surface area contributed by atoms with E-state index >= 15 is 0 Å². The number of phenols is 1. The first-order valence-corrected chi connectivity index (χ1v) is 6.89. The van der Waals surface area contributed by atoms with Gasteiger partial charge in [0.1, 0.15) is 0 Å². The average molecular weight is 293 g/mol. The summed E-state index contributed by atoms with van der Waals surface area (Å²) >= 11 is 0. The van der Waals surface area contributed by atoms with E-state index in [2.05, 4.69) is 0 Å². The number of nitrogens with zero attached hydrogens (tertiary/aromatic N) is 1. The molecule has 0 spiro atoms. The lowest BCUT2D eigenvalue weighted by atomic mass is 9.93. The fraction of sp³-hybridized carbons (Fsp3) is 0.467. The highest BCUT2D eigenvalue weighted by molar-refractivity contribution is 5.95. The van der Waals surface area contributed by atoms with Gasteiger partial charge in [0.25, 0.3) is 5.91 Å².